The zero-order chi connectivity index (χ0) is 26.6. The van der Waals surface area contributed by atoms with E-state index in [-0.39, 0.29) is 0 Å². The van der Waals surface area contributed by atoms with Gasteiger partial charge in [-0.25, -0.2) is 0 Å². The van der Waals surface area contributed by atoms with Crippen molar-refractivity contribution in [2.75, 3.05) is 6.61 Å². The van der Waals surface area contributed by atoms with Crippen molar-refractivity contribution < 1.29 is 4.74 Å². The van der Waals surface area contributed by atoms with Gasteiger partial charge in [0.25, 0.3) is 0 Å². The molecule has 1 rings (SSSR count). The Balaban J connectivity index is 2.39. The summed E-state index contributed by atoms with van der Waals surface area (Å²) in [6.07, 6.45) is 25.3. The summed E-state index contributed by atoms with van der Waals surface area (Å²) < 4.78 is 6.37. The minimum atomic E-state index is 0.741. The summed E-state index contributed by atoms with van der Waals surface area (Å²) in [7, 11) is 0. The maximum Gasteiger partial charge on any atom is 0.125 e. The smallest absolute Gasteiger partial charge is 0.125 e. The van der Waals surface area contributed by atoms with Crippen molar-refractivity contribution in [3.8, 4) is 5.75 Å². The lowest BCUT2D eigenvalue weighted by atomic mass is 9.94. The van der Waals surface area contributed by atoms with Gasteiger partial charge in [-0.15, -0.1) is 0 Å². The Labute approximate surface area is 226 Å². The average Bonchev–Trinajstić information content (AvgIpc) is 2.85. The molecule has 1 heteroatoms. The lowest BCUT2D eigenvalue weighted by Crippen LogP contribution is -2.05. The van der Waals surface area contributed by atoms with Crippen molar-refractivity contribution in [3.63, 3.8) is 0 Å². The summed E-state index contributed by atoms with van der Waals surface area (Å²) >= 11 is 0. The molecule has 206 valence electrons. The Bertz CT molecular complexity index is 754. The second-order valence-corrected chi connectivity index (χ2v) is 11.4. The lowest BCUT2D eigenvalue weighted by molar-refractivity contribution is 0.298. The number of hydrogen-bond acceptors (Lipinski definition) is 1. The van der Waals surface area contributed by atoms with Crippen LogP contribution >= 0.6 is 0 Å². The highest BCUT2D eigenvalue weighted by Crippen LogP contribution is 2.29. The number of benzene rings is 1. The van der Waals surface area contributed by atoms with Crippen molar-refractivity contribution >= 4 is 0 Å². The van der Waals surface area contributed by atoms with Crippen LogP contribution in [0.1, 0.15) is 148 Å². The molecule has 0 aliphatic carbocycles. The largest absolute Gasteiger partial charge is 0.493 e. The van der Waals surface area contributed by atoms with Crippen LogP contribution in [0, 0.1) is 19.8 Å². The van der Waals surface area contributed by atoms with Crippen molar-refractivity contribution in [3.05, 3.63) is 52.1 Å². The van der Waals surface area contributed by atoms with E-state index in [0.29, 0.717) is 0 Å². The summed E-state index contributed by atoms with van der Waals surface area (Å²) in [4.78, 5) is 0. The van der Waals surface area contributed by atoms with Crippen molar-refractivity contribution in [2.45, 2.75) is 151 Å². The molecule has 1 nitrogen and oxygen atoms in total. The van der Waals surface area contributed by atoms with Crippen LogP contribution in [-0.2, 0) is 6.42 Å². The summed E-state index contributed by atoms with van der Waals surface area (Å²) in [5, 5.41) is 0. The molecule has 0 spiro atoms. The van der Waals surface area contributed by atoms with Crippen LogP contribution in [0.2, 0.25) is 0 Å². The predicted molar refractivity (Wildman–Crippen MR) is 162 cm³/mol. The lowest BCUT2D eigenvalue weighted by Gasteiger charge is -2.18. The van der Waals surface area contributed by atoms with Gasteiger partial charge in [-0.05, 0) is 108 Å². The standard InChI is InChI=1S/C35H60O/c1-8-10-12-13-14-16-28-36-35-33(7)32(6)25-27-34(35)26-24-31(5)23-18-22-30(4)21-17-20-29(3)19-15-11-9-2/h19,22,25,27,31H,8-18,20-21,23-24,26,28H2,1-7H3. The van der Waals surface area contributed by atoms with E-state index >= 15 is 0 Å². The molecule has 0 bridgehead atoms. The van der Waals surface area contributed by atoms with Gasteiger partial charge in [0.2, 0.25) is 0 Å². The Morgan fingerprint density at radius 2 is 1.42 bits per heavy atom. The molecule has 1 atom stereocenters. The summed E-state index contributed by atoms with van der Waals surface area (Å²) in [6.45, 7) is 16.9. The Hall–Kier alpha value is -1.50. The highest BCUT2D eigenvalue weighted by Gasteiger charge is 2.11. The second-order valence-electron chi connectivity index (χ2n) is 11.4. The first-order valence-corrected chi connectivity index (χ1v) is 15.4. The normalized spacial score (nSPS) is 13.3. The third kappa shape index (κ3) is 14.9. The summed E-state index contributed by atoms with van der Waals surface area (Å²) in [5.41, 5.74) is 7.23. The van der Waals surface area contributed by atoms with Crippen LogP contribution in [0.15, 0.2) is 35.4 Å². The molecule has 1 aromatic rings. The molecule has 0 aromatic heterocycles. The van der Waals surface area contributed by atoms with E-state index in [9.17, 15) is 0 Å². The van der Waals surface area contributed by atoms with E-state index in [1.165, 1.54) is 119 Å². The molecule has 0 N–H and O–H groups in total. The van der Waals surface area contributed by atoms with Gasteiger partial charge in [0.05, 0.1) is 6.61 Å². The highest BCUT2D eigenvalue weighted by molar-refractivity contribution is 5.45. The first-order valence-electron chi connectivity index (χ1n) is 15.4. The Morgan fingerprint density at radius 1 is 0.778 bits per heavy atom. The fourth-order valence-corrected chi connectivity index (χ4v) is 4.86. The van der Waals surface area contributed by atoms with E-state index in [0.717, 1.165) is 18.9 Å². The molecule has 0 fully saturated rings. The number of rotatable bonds is 21. The van der Waals surface area contributed by atoms with Crippen LogP contribution in [0.5, 0.6) is 5.75 Å². The number of ether oxygens (including phenoxy) is 1. The molecule has 0 aliphatic heterocycles. The molecule has 0 aliphatic rings. The molecular formula is C35H60O. The number of aryl methyl sites for hydroxylation is 2. The van der Waals surface area contributed by atoms with Crippen molar-refractivity contribution in [2.24, 2.45) is 5.92 Å². The number of unbranched alkanes of at least 4 members (excludes halogenated alkanes) is 7. The maximum atomic E-state index is 6.37. The van der Waals surface area contributed by atoms with E-state index < -0.39 is 0 Å². The minimum Gasteiger partial charge on any atom is -0.493 e. The molecule has 0 heterocycles. The fraction of sp³-hybridized carbons (Fsp3) is 0.714. The maximum absolute atomic E-state index is 6.37. The van der Waals surface area contributed by atoms with Crippen LogP contribution < -0.4 is 4.74 Å². The van der Waals surface area contributed by atoms with Crippen LogP contribution in [0.4, 0.5) is 0 Å². The van der Waals surface area contributed by atoms with Crippen LogP contribution in [-0.4, -0.2) is 6.61 Å². The molecule has 36 heavy (non-hydrogen) atoms. The van der Waals surface area contributed by atoms with Gasteiger partial charge in [0.1, 0.15) is 5.75 Å². The van der Waals surface area contributed by atoms with Gasteiger partial charge in [-0.1, -0.05) is 101 Å². The van der Waals surface area contributed by atoms with Gasteiger partial charge < -0.3 is 4.74 Å². The predicted octanol–water partition coefficient (Wildman–Crippen LogP) is 11.6. The van der Waals surface area contributed by atoms with E-state index in [2.05, 4.69) is 72.8 Å². The van der Waals surface area contributed by atoms with Gasteiger partial charge >= 0.3 is 0 Å². The summed E-state index contributed by atoms with van der Waals surface area (Å²) in [5.74, 6) is 1.91. The van der Waals surface area contributed by atoms with E-state index in [4.69, 9.17) is 4.74 Å². The third-order valence-electron chi connectivity index (χ3n) is 7.75. The number of allylic oxidation sites excluding steroid dienone is 4. The van der Waals surface area contributed by atoms with Gasteiger partial charge in [0.15, 0.2) is 0 Å². The summed E-state index contributed by atoms with van der Waals surface area (Å²) in [6, 6.07) is 4.59. The second kappa shape index (κ2) is 20.5. The molecule has 1 unspecified atom stereocenters. The van der Waals surface area contributed by atoms with Gasteiger partial charge in [0, 0.05) is 0 Å². The Kier molecular flexibility index (Phi) is 18.6. The average molecular weight is 497 g/mol. The Morgan fingerprint density at radius 3 is 2.11 bits per heavy atom. The molecule has 0 saturated carbocycles. The quantitative estimate of drug-likeness (QED) is 0.121. The molecule has 1 aromatic carbocycles. The zero-order valence-corrected chi connectivity index (χ0v) is 25.3. The number of hydrogen-bond donors (Lipinski definition) is 0. The highest BCUT2D eigenvalue weighted by atomic mass is 16.5. The topological polar surface area (TPSA) is 9.23 Å². The van der Waals surface area contributed by atoms with Crippen LogP contribution in [0.3, 0.4) is 0 Å². The monoisotopic (exact) mass is 496 g/mol. The first kappa shape index (κ1) is 32.5. The van der Waals surface area contributed by atoms with E-state index in [1.807, 2.05) is 0 Å². The molecule has 0 radical (unpaired) electrons. The molecule has 0 saturated heterocycles. The minimum absolute atomic E-state index is 0.741. The molecular weight excluding hydrogens is 436 g/mol. The SMILES string of the molecule is CCCCC=C(C)CCCC(C)=CCCC(C)CCc1ccc(C)c(C)c1OCCCCCCCC. The molecule has 0 amide bonds. The van der Waals surface area contributed by atoms with E-state index in [1.54, 1.807) is 11.1 Å². The van der Waals surface area contributed by atoms with Crippen molar-refractivity contribution in [1.82, 2.24) is 0 Å². The van der Waals surface area contributed by atoms with Gasteiger partial charge in [-0.2, -0.15) is 0 Å². The van der Waals surface area contributed by atoms with Gasteiger partial charge in [-0.3, -0.25) is 0 Å². The zero-order valence-electron chi connectivity index (χ0n) is 25.3. The van der Waals surface area contributed by atoms with Crippen molar-refractivity contribution in [1.29, 1.82) is 0 Å². The fourth-order valence-electron chi connectivity index (χ4n) is 4.86. The first-order chi connectivity index (χ1) is 17.4. The van der Waals surface area contributed by atoms with Crippen LogP contribution in [0.25, 0.3) is 0 Å². The third-order valence-corrected chi connectivity index (χ3v) is 7.75.